The van der Waals surface area contributed by atoms with Crippen LogP contribution in [0.15, 0.2) is 18.2 Å². The number of carbonyl (C=O) groups excluding carboxylic acids is 2. The number of nitrogens with zero attached hydrogens (tertiary/aromatic N) is 3. The molecule has 5 heteroatoms. The maximum atomic E-state index is 13.0. The van der Waals surface area contributed by atoms with Gasteiger partial charge in [-0.05, 0) is 56.0 Å². The van der Waals surface area contributed by atoms with Gasteiger partial charge >= 0.3 is 0 Å². The first kappa shape index (κ1) is 17.0. The molecule has 5 nitrogen and oxygen atoms in total. The third-order valence-electron chi connectivity index (χ3n) is 5.22. The van der Waals surface area contributed by atoms with E-state index in [9.17, 15) is 9.59 Å². The van der Waals surface area contributed by atoms with Crippen molar-refractivity contribution in [1.82, 2.24) is 14.7 Å². The van der Waals surface area contributed by atoms with Crippen LogP contribution in [0.5, 0.6) is 0 Å². The van der Waals surface area contributed by atoms with Crippen molar-refractivity contribution in [3.05, 3.63) is 34.9 Å². The summed E-state index contributed by atoms with van der Waals surface area (Å²) < 4.78 is 0. The molecule has 2 heterocycles. The van der Waals surface area contributed by atoms with Crippen molar-refractivity contribution in [2.75, 3.05) is 40.8 Å². The molecule has 0 bridgehead atoms. The van der Waals surface area contributed by atoms with E-state index < -0.39 is 0 Å². The number of likely N-dealkylation sites (tertiary alicyclic amines) is 1. The Morgan fingerprint density at radius 1 is 1.08 bits per heavy atom. The number of carbonyl (C=O) groups is 2. The molecule has 1 aromatic carbocycles. The molecule has 0 N–H and O–H groups in total. The van der Waals surface area contributed by atoms with Gasteiger partial charge < -0.3 is 14.7 Å². The Labute approximate surface area is 144 Å². The van der Waals surface area contributed by atoms with Crippen LogP contribution >= 0.6 is 0 Å². The number of rotatable bonds is 2. The van der Waals surface area contributed by atoms with Crippen LogP contribution in [0, 0.1) is 0 Å². The SMILES string of the molecule is CN1CCc2ccc(C(=O)N3CCC[C@H]3C(=O)N(C)C)cc2CC1. The summed E-state index contributed by atoms with van der Waals surface area (Å²) in [5.41, 5.74) is 3.34. The van der Waals surface area contributed by atoms with Crippen LogP contribution < -0.4 is 0 Å². The molecule has 2 amide bonds. The number of fused-ring (bicyclic) bond motifs is 1. The highest BCUT2D eigenvalue weighted by Crippen LogP contribution is 2.24. The van der Waals surface area contributed by atoms with Gasteiger partial charge in [-0.15, -0.1) is 0 Å². The van der Waals surface area contributed by atoms with E-state index in [4.69, 9.17) is 0 Å². The zero-order valence-corrected chi connectivity index (χ0v) is 14.9. The lowest BCUT2D eigenvalue weighted by Gasteiger charge is -2.26. The molecule has 0 aromatic heterocycles. The van der Waals surface area contributed by atoms with E-state index in [0.717, 1.165) is 44.3 Å². The summed E-state index contributed by atoms with van der Waals surface area (Å²) in [6, 6.07) is 5.77. The quantitative estimate of drug-likeness (QED) is 0.824. The zero-order valence-electron chi connectivity index (χ0n) is 14.9. The van der Waals surface area contributed by atoms with Crippen molar-refractivity contribution in [2.24, 2.45) is 0 Å². The van der Waals surface area contributed by atoms with Gasteiger partial charge in [0.1, 0.15) is 6.04 Å². The average Bonchev–Trinajstić information content (AvgIpc) is 2.98. The van der Waals surface area contributed by atoms with Gasteiger partial charge in [-0.1, -0.05) is 6.07 Å². The maximum Gasteiger partial charge on any atom is 0.254 e. The van der Waals surface area contributed by atoms with E-state index in [1.807, 2.05) is 12.1 Å². The second-order valence-corrected chi connectivity index (χ2v) is 7.18. The number of amides is 2. The van der Waals surface area contributed by atoms with E-state index >= 15 is 0 Å². The monoisotopic (exact) mass is 329 g/mol. The average molecular weight is 329 g/mol. The highest BCUT2D eigenvalue weighted by molar-refractivity contribution is 5.98. The molecule has 1 atom stereocenters. The lowest BCUT2D eigenvalue weighted by Crippen LogP contribution is -2.45. The van der Waals surface area contributed by atoms with Crippen LogP contribution in [-0.2, 0) is 17.6 Å². The summed E-state index contributed by atoms with van der Waals surface area (Å²) in [4.78, 5) is 31.0. The van der Waals surface area contributed by atoms with Gasteiger partial charge in [0.05, 0.1) is 0 Å². The number of hydrogen-bond donors (Lipinski definition) is 0. The molecular formula is C19H27N3O2. The minimum atomic E-state index is -0.308. The number of benzene rings is 1. The summed E-state index contributed by atoms with van der Waals surface area (Å²) in [5.74, 6) is 0.0188. The molecule has 2 aliphatic rings. The normalized spacial score (nSPS) is 21.3. The van der Waals surface area contributed by atoms with E-state index in [1.54, 1.807) is 23.9 Å². The van der Waals surface area contributed by atoms with Crippen LogP contribution in [0.4, 0.5) is 0 Å². The molecular weight excluding hydrogens is 302 g/mol. The summed E-state index contributed by atoms with van der Waals surface area (Å²) in [6.45, 7) is 2.75. The molecule has 1 fully saturated rings. The van der Waals surface area contributed by atoms with Gasteiger partial charge in [0.25, 0.3) is 5.91 Å². The summed E-state index contributed by atoms with van der Waals surface area (Å²) in [6.07, 6.45) is 3.67. The Kier molecular flexibility index (Phi) is 4.90. The van der Waals surface area contributed by atoms with Gasteiger partial charge in [-0.25, -0.2) is 0 Å². The zero-order chi connectivity index (χ0) is 17.3. The van der Waals surface area contributed by atoms with Crippen LogP contribution in [0.1, 0.15) is 34.3 Å². The second-order valence-electron chi connectivity index (χ2n) is 7.18. The van der Waals surface area contributed by atoms with Gasteiger partial charge in [0.2, 0.25) is 5.91 Å². The number of likely N-dealkylation sites (N-methyl/N-ethyl adjacent to an activating group) is 2. The highest BCUT2D eigenvalue weighted by atomic mass is 16.2. The van der Waals surface area contributed by atoms with Crippen molar-refractivity contribution >= 4 is 11.8 Å². The highest BCUT2D eigenvalue weighted by Gasteiger charge is 2.35. The van der Waals surface area contributed by atoms with Crippen molar-refractivity contribution < 1.29 is 9.59 Å². The molecule has 1 aromatic rings. The van der Waals surface area contributed by atoms with Gasteiger partial charge in [-0.2, -0.15) is 0 Å². The molecule has 0 spiro atoms. The van der Waals surface area contributed by atoms with Gasteiger partial charge in [-0.3, -0.25) is 9.59 Å². The topological polar surface area (TPSA) is 43.9 Å². The van der Waals surface area contributed by atoms with E-state index in [1.165, 1.54) is 11.1 Å². The van der Waals surface area contributed by atoms with E-state index in [2.05, 4.69) is 18.0 Å². The third-order valence-corrected chi connectivity index (χ3v) is 5.22. The third kappa shape index (κ3) is 3.31. The van der Waals surface area contributed by atoms with Crippen molar-refractivity contribution in [1.29, 1.82) is 0 Å². The standard InChI is InChI=1S/C19H27N3O2/c1-20(2)19(24)17-5-4-10-22(17)18(23)16-7-6-14-8-11-21(3)12-9-15(14)13-16/h6-7,13,17H,4-5,8-12H2,1-3H3/t17-/m0/s1. The van der Waals surface area contributed by atoms with E-state index in [0.29, 0.717) is 6.54 Å². The Bertz CT molecular complexity index is 641. The Hall–Kier alpha value is -1.88. The van der Waals surface area contributed by atoms with Crippen LogP contribution in [0.2, 0.25) is 0 Å². The maximum absolute atomic E-state index is 13.0. The molecule has 2 aliphatic heterocycles. The first-order chi connectivity index (χ1) is 11.5. The largest absolute Gasteiger partial charge is 0.347 e. The Morgan fingerprint density at radius 3 is 2.50 bits per heavy atom. The number of hydrogen-bond acceptors (Lipinski definition) is 3. The predicted octanol–water partition coefficient (Wildman–Crippen LogP) is 1.41. The lowest BCUT2D eigenvalue weighted by atomic mass is 9.99. The summed E-state index contributed by atoms with van der Waals surface area (Å²) >= 11 is 0. The van der Waals surface area contributed by atoms with Crippen LogP contribution in [0.3, 0.4) is 0 Å². The molecule has 3 rings (SSSR count). The molecule has 130 valence electrons. The molecule has 0 unspecified atom stereocenters. The summed E-state index contributed by atoms with van der Waals surface area (Å²) in [7, 11) is 5.64. The first-order valence-corrected chi connectivity index (χ1v) is 8.80. The van der Waals surface area contributed by atoms with Crippen molar-refractivity contribution in [3.8, 4) is 0 Å². The molecule has 0 radical (unpaired) electrons. The molecule has 0 aliphatic carbocycles. The lowest BCUT2D eigenvalue weighted by molar-refractivity contribution is -0.132. The van der Waals surface area contributed by atoms with Gasteiger partial charge in [0.15, 0.2) is 0 Å². The minimum absolute atomic E-state index is 0.00639. The van der Waals surface area contributed by atoms with Crippen molar-refractivity contribution in [2.45, 2.75) is 31.7 Å². The van der Waals surface area contributed by atoms with E-state index in [-0.39, 0.29) is 17.9 Å². The minimum Gasteiger partial charge on any atom is -0.347 e. The Morgan fingerprint density at radius 2 is 1.79 bits per heavy atom. The van der Waals surface area contributed by atoms with Crippen LogP contribution in [-0.4, -0.2) is 73.3 Å². The van der Waals surface area contributed by atoms with Gasteiger partial charge in [0, 0.05) is 39.3 Å². The smallest absolute Gasteiger partial charge is 0.254 e. The fraction of sp³-hybridized carbons (Fsp3) is 0.579. The predicted molar refractivity (Wildman–Crippen MR) is 94.1 cm³/mol. The van der Waals surface area contributed by atoms with Crippen LogP contribution in [0.25, 0.3) is 0 Å². The summed E-state index contributed by atoms with van der Waals surface area (Å²) in [5, 5.41) is 0. The molecule has 1 saturated heterocycles. The molecule has 24 heavy (non-hydrogen) atoms. The fourth-order valence-electron chi connectivity index (χ4n) is 3.70. The fourth-order valence-corrected chi connectivity index (χ4v) is 3.70. The first-order valence-electron chi connectivity index (χ1n) is 8.80. The van der Waals surface area contributed by atoms with Crippen molar-refractivity contribution in [3.63, 3.8) is 0 Å². The second kappa shape index (κ2) is 6.93. The molecule has 0 saturated carbocycles. The Balaban J connectivity index is 1.81.